The highest BCUT2D eigenvalue weighted by Gasteiger charge is 2.32. The third kappa shape index (κ3) is 1.57. The van der Waals surface area contributed by atoms with Crippen LogP contribution in [0.15, 0.2) is 0 Å². The van der Waals surface area contributed by atoms with Crippen molar-refractivity contribution in [1.29, 1.82) is 0 Å². The zero-order valence-corrected chi connectivity index (χ0v) is 7.32. The first-order valence-electron chi connectivity index (χ1n) is 4.77. The van der Waals surface area contributed by atoms with Gasteiger partial charge in [0.25, 0.3) is 0 Å². The van der Waals surface area contributed by atoms with Crippen LogP contribution in [-0.4, -0.2) is 24.7 Å². The minimum atomic E-state index is 0.408. The molecule has 1 aliphatic heterocycles. The standard InChI is InChI=1S/C9H18N2/c1-9(5-6-10-7-9)11-8-3-2-4-8/h8,10-11H,2-7H2,1H3/t9-/m0/s1. The van der Waals surface area contributed by atoms with Gasteiger partial charge in [0.1, 0.15) is 0 Å². The average Bonchev–Trinajstić information content (AvgIpc) is 2.29. The van der Waals surface area contributed by atoms with Gasteiger partial charge in [-0.1, -0.05) is 6.42 Å². The fraction of sp³-hybridized carbons (Fsp3) is 1.00. The summed E-state index contributed by atoms with van der Waals surface area (Å²) in [6.07, 6.45) is 5.52. The molecule has 0 radical (unpaired) electrons. The van der Waals surface area contributed by atoms with E-state index in [1.165, 1.54) is 32.2 Å². The molecular formula is C9H18N2. The highest BCUT2D eigenvalue weighted by molar-refractivity contribution is 4.95. The van der Waals surface area contributed by atoms with Gasteiger partial charge in [0, 0.05) is 18.1 Å². The maximum atomic E-state index is 3.73. The van der Waals surface area contributed by atoms with E-state index in [-0.39, 0.29) is 0 Å². The monoisotopic (exact) mass is 154 g/mol. The highest BCUT2D eigenvalue weighted by Crippen LogP contribution is 2.23. The van der Waals surface area contributed by atoms with E-state index >= 15 is 0 Å². The first-order chi connectivity index (χ1) is 5.29. The predicted molar refractivity (Wildman–Crippen MR) is 46.7 cm³/mol. The molecule has 11 heavy (non-hydrogen) atoms. The summed E-state index contributed by atoms with van der Waals surface area (Å²) in [5.41, 5.74) is 0.408. The van der Waals surface area contributed by atoms with E-state index < -0.39 is 0 Å². The Morgan fingerprint density at radius 3 is 2.73 bits per heavy atom. The molecular weight excluding hydrogens is 136 g/mol. The van der Waals surface area contributed by atoms with Crippen molar-refractivity contribution in [2.45, 2.75) is 44.2 Å². The molecule has 0 amide bonds. The molecule has 0 unspecified atom stereocenters. The first-order valence-corrected chi connectivity index (χ1v) is 4.77. The molecule has 0 aromatic heterocycles. The molecule has 0 bridgehead atoms. The normalized spacial score (nSPS) is 39.0. The van der Waals surface area contributed by atoms with E-state index in [1.807, 2.05) is 0 Å². The van der Waals surface area contributed by atoms with Crippen LogP contribution in [-0.2, 0) is 0 Å². The van der Waals surface area contributed by atoms with Crippen molar-refractivity contribution in [3.05, 3.63) is 0 Å². The van der Waals surface area contributed by atoms with Crippen molar-refractivity contribution in [2.75, 3.05) is 13.1 Å². The minimum absolute atomic E-state index is 0.408. The van der Waals surface area contributed by atoms with Gasteiger partial charge in [-0.2, -0.15) is 0 Å². The van der Waals surface area contributed by atoms with Crippen molar-refractivity contribution in [3.63, 3.8) is 0 Å². The lowest BCUT2D eigenvalue weighted by Gasteiger charge is -2.35. The van der Waals surface area contributed by atoms with Crippen molar-refractivity contribution in [3.8, 4) is 0 Å². The number of nitrogens with one attached hydrogen (secondary N) is 2. The molecule has 0 aromatic carbocycles. The van der Waals surface area contributed by atoms with Gasteiger partial charge in [0.05, 0.1) is 0 Å². The summed E-state index contributed by atoms with van der Waals surface area (Å²) in [4.78, 5) is 0. The van der Waals surface area contributed by atoms with Gasteiger partial charge in [-0.3, -0.25) is 0 Å². The van der Waals surface area contributed by atoms with E-state index in [0.717, 1.165) is 12.6 Å². The van der Waals surface area contributed by atoms with Crippen LogP contribution in [0.4, 0.5) is 0 Å². The highest BCUT2D eigenvalue weighted by atomic mass is 15.1. The Balaban J connectivity index is 1.82. The van der Waals surface area contributed by atoms with Crippen molar-refractivity contribution in [2.24, 2.45) is 0 Å². The Morgan fingerprint density at radius 1 is 1.45 bits per heavy atom. The first kappa shape index (κ1) is 7.56. The fourth-order valence-electron chi connectivity index (χ4n) is 1.99. The Kier molecular flexibility index (Phi) is 1.90. The molecule has 2 nitrogen and oxygen atoms in total. The number of rotatable bonds is 2. The smallest absolute Gasteiger partial charge is 0.0292 e. The van der Waals surface area contributed by atoms with Crippen LogP contribution in [0.5, 0.6) is 0 Å². The molecule has 1 saturated heterocycles. The average molecular weight is 154 g/mol. The summed E-state index contributed by atoms with van der Waals surface area (Å²) < 4.78 is 0. The largest absolute Gasteiger partial charge is 0.315 e. The van der Waals surface area contributed by atoms with E-state index in [1.54, 1.807) is 0 Å². The fourth-order valence-corrected chi connectivity index (χ4v) is 1.99. The zero-order chi connectivity index (χ0) is 7.73. The van der Waals surface area contributed by atoms with Crippen LogP contribution >= 0.6 is 0 Å². The summed E-state index contributed by atoms with van der Waals surface area (Å²) in [6.45, 7) is 4.69. The molecule has 2 heteroatoms. The van der Waals surface area contributed by atoms with Crippen LogP contribution in [0.25, 0.3) is 0 Å². The van der Waals surface area contributed by atoms with Crippen LogP contribution < -0.4 is 10.6 Å². The molecule has 0 aromatic rings. The minimum Gasteiger partial charge on any atom is -0.315 e. The second kappa shape index (κ2) is 2.76. The third-order valence-electron chi connectivity index (χ3n) is 3.03. The van der Waals surface area contributed by atoms with Gasteiger partial charge in [-0.15, -0.1) is 0 Å². The molecule has 1 atom stereocenters. The Bertz CT molecular complexity index is 134. The van der Waals surface area contributed by atoms with Gasteiger partial charge in [-0.05, 0) is 32.7 Å². The van der Waals surface area contributed by atoms with Gasteiger partial charge in [-0.25, -0.2) is 0 Å². The summed E-state index contributed by atoms with van der Waals surface area (Å²) in [6, 6.07) is 0.833. The van der Waals surface area contributed by atoms with Gasteiger partial charge in [0.15, 0.2) is 0 Å². The third-order valence-corrected chi connectivity index (χ3v) is 3.03. The number of hydrogen-bond donors (Lipinski definition) is 2. The number of hydrogen-bond acceptors (Lipinski definition) is 2. The summed E-state index contributed by atoms with van der Waals surface area (Å²) in [5, 5.41) is 7.13. The van der Waals surface area contributed by atoms with Crippen molar-refractivity contribution < 1.29 is 0 Å². The lowest BCUT2D eigenvalue weighted by atomic mass is 9.89. The van der Waals surface area contributed by atoms with E-state index in [2.05, 4.69) is 17.6 Å². The molecule has 2 fully saturated rings. The van der Waals surface area contributed by atoms with Crippen LogP contribution in [0, 0.1) is 0 Å². The Morgan fingerprint density at radius 2 is 2.27 bits per heavy atom. The Labute approximate surface area is 68.7 Å². The Hall–Kier alpha value is -0.0800. The van der Waals surface area contributed by atoms with Crippen molar-refractivity contribution in [1.82, 2.24) is 10.6 Å². The zero-order valence-electron chi connectivity index (χ0n) is 7.32. The molecule has 64 valence electrons. The molecule has 2 N–H and O–H groups in total. The van der Waals surface area contributed by atoms with Crippen LogP contribution in [0.1, 0.15) is 32.6 Å². The summed E-state index contributed by atoms with van der Waals surface area (Å²) in [5.74, 6) is 0. The van der Waals surface area contributed by atoms with E-state index in [9.17, 15) is 0 Å². The molecule has 2 rings (SSSR count). The topological polar surface area (TPSA) is 24.1 Å². The maximum Gasteiger partial charge on any atom is 0.0292 e. The molecule has 0 spiro atoms. The second-order valence-corrected chi connectivity index (χ2v) is 4.26. The van der Waals surface area contributed by atoms with Gasteiger partial charge in [0.2, 0.25) is 0 Å². The van der Waals surface area contributed by atoms with Crippen LogP contribution in [0.3, 0.4) is 0 Å². The maximum absolute atomic E-state index is 3.73. The predicted octanol–water partition coefficient (Wildman–Crippen LogP) is 0.880. The lowest BCUT2D eigenvalue weighted by molar-refractivity contribution is 0.252. The second-order valence-electron chi connectivity index (χ2n) is 4.26. The van der Waals surface area contributed by atoms with Gasteiger partial charge < -0.3 is 10.6 Å². The molecule has 1 heterocycles. The van der Waals surface area contributed by atoms with Crippen LogP contribution in [0.2, 0.25) is 0 Å². The van der Waals surface area contributed by atoms with Gasteiger partial charge >= 0.3 is 0 Å². The van der Waals surface area contributed by atoms with E-state index in [4.69, 9.17) is 0 Å². The quantitative estimate of drug-likeness (QED) is 0.617. The molecule has 1 aliphatic carbocycles. The molecule has 1 saturated carbocycles. The lowest BCUT2D eigenvalue weighted by Crippen LogP contribution is -2.51. The summed E-state index contributed by atoms with van der Waals surface area (Å²) in [7, 11) is 0. The summed E-state index contributed by atoms with van der Waals surface area (Å²) >= 11 is 0. The SMILES string of the molecule is C[C@]1(NC2CCC2)CCNC1. The van der Waals surface area contributed by atoms with Crippen molar-refractivity contribution >= 4 is 0 Å². The van der Waals surface area contributed by atoms with E-state index in [0.29, 0.717) is 5.54 Å². The molecule has 2 aliphatic rings.